The van der Waals surface area contributed by atoms with Gasteiger partial charge in [-0.25, -0.2) is 0 Å². The number of hydrogen-bond donors (Lipinski definition) is 1. The molecule has 1 amide bonds. The zero-order valence-corrected chi connectivity index (χ0v) is 17.0. The maximum atomic E-state index is 13.0. The van der Waals surface area contributed by atoms with Gasteiger partial charge in [-0.1, -0.05) is 33.8 Å². The van der Waals surface area contributed by atoms with E-state index in [0.29, 0.717) is 11.5 Å². The smallest absolute Gasteiger partial charge is 0.257 e. The number of hydrogen-bond acceptors (Lipinski definition) is 4. The molecule has 0 aliphatic carbocycles. The van der Waals surface area contributed by atoms with Crippen LogP contribution in [-0.4, -0.2) is 65.5 Å². The Bertz CT molecular complexity index is 594. The Morgan fingerprint density at radius 3 is 2.28 bits per heavy atom. The summed E-state index contributed by atoms with van der Waals surface area (Å²) < 4.78 is 0. The van der Waals surface area contributed by atoms with Gasteiger partial charge in [-0.05, 0) is 35.3 Å². The molecule has 1 fully saturated rings. The number of phenols is 1. The average molecular weight is 365 g/mol. The molecule has 1 aliphatic heterocycles. The van der Waals surface area contributed by atoms with Crippen LogP contribution in [0.15, 0.2) is 12.1 Å². The maximum absolute atomic E-state index is 13.0. The van der Waals surface area contributed by atoms with E-state index in [9.17, 15) is 9.90 Å². The largest absolute Gasteiger partial charge is 0.507 e. The van der Waals surface area contributed by atoms with Gasteiger partial charge in [0.2, 0.25) is 0 Å². The minimum Gasteiger partial charge on any atom is -0.507 e. The first-order chi connectivity index (χ1) is 11.8. The van der Waals surface area contributed by atoms with Gasteiger partial charge >= 0.3 is 0 Å². The number of aromatic hydroxyl groups is 1. The fourth-order valence-electron chi connectivity index (χ4n) is 3.18. The fraction of sp³-hybridized carbons (Fsp3) is 0.650. The van der Waals surface area contributed by atoms with Gasteiger partial charge in [-0.3, -0.25) is 9.69 Å². The van der Waals surface area contributed by atoms with E-state index in [1.54, 1.807) is 0 Å². The minimum atomic E-state index is -0.0357. The highest BCUT2D eigenvalue weighted by molar-refractivity contribution is 7.98. The lowest BCUT2D eigenvalue weighted by Gasteiger charge is -2.35. The molecule has 5 heteroatoms. The average Bonchev–Trinajstić information content (AvgIpc) is 2.59. The number of carbonyl (C=O) groups excluding carboxylic acids is 1. The summed E-state index contributed by atoms with van der Waals surface area (Å²) in [5.74, 6) is 1.77. The van der Waals surface area contributed by atoms with Crippen LogP contribution in [0.1, 0.15) is 61.0 Å². The molecule has 1 aromatic carbocycles. The molecule has 0 bridgehead atoms. The van der Waals surface area contributed by atoms with Crippen LogP contribution in [0.3, 0.4) is 0 Å². The number of rotatable bonds is 6. The molecule has 1 heterocycles. The van der Waals surface area contributed by atoms with Crippen LogP contribution in [0.2, 0.25) is 0 Å². The van der Waals surface area contributed by atoms with Crippen LogP contribution >= 0.6 is 11.8 Å². The van der Waals surface area contributed by atoms with Gasteiger partial charge in [-0.2, -0.15) is 11.8 Å². The molecule has 140 valence electrons. The van der Waals surface area contributed by atoms with Crippen molar-refractivity contribution in [1.29, 1.82) is 0 Å². The standard InChI is InChI=1S/C20H32N2O2S/c1-14(2)16-12-17(15(3)4)19(23)18(13-16)20(24)22-8-6-21(7-9-22)10-11-25-5/h12-15,23H,6-11H2,1-5H3. The molecule has 1 saturated heterocycles. The molecular weight excluding hydrogens is 332 g/mol. The lowest BCUT2D eigenvalue weighted by Crippen LogP contribution is -2.49. The highest BCUT2D eigenvalue weighted by Crippen LogP contribution is 2.33. The number of piperazine rings is 1. The lowest BCUT2D eigenvalue weighted by molar-refractivity contribution is 0.0641. The van der Waals surface area contributed by atoms with Crippen LogP contribution in [-0.2, 0) is 0 Å². The highest BCUT2D eigenvalue weighted by Gasteiger charge is 2.26. The predicted octanol–water partition coefficient (Wildman–Crippen LogP) is 3.76. The first-order valence-electron chi connectivity index (χ1n) is 9.22. The summed E-state index contributed by atoms with van der Waals surface area (Å²) >= 11 is 1.85. The normalized spacial score (nSPS) is 16.0. The Balaban J connectivity index is 2.19. The first-order valence-corrected chi connectivity index (χ1v) is 10.6. The van der Waals surface area contributed by atoms with Gasteiger partial charge in [0.25, 0.3) is 5.91 Å². The summed E-state index contributed by atoms with van der Waals surface area (Å²) in [7, 11) is 0. The number of benzene rings is 1. The van der Waals surface area contributed by atoms with E-state index in [1.165, 1.54) is 0 Å². The third kappa shape index (κ3) is 4.91. The third-order valence-electron chi connectivity index (χ3n) is 4.95. The molecule has 1 aromatic rings. The van der Waals surface area contributed by atoms with Crippen molar-refractivity contribution in [3.05, 3.63) is 28.8 Å². The fourth-order valence-corrected chi connectivity index (χ4v) is 3.62. The van der Waals surface area contributed by atoms with E-state index in [1.807, 2.05) is 28.8 Å². The minimum absolute atomic E-state index is 0.0357. The molecule has 0 unspecified atom stereocenters. The van der Waals surface area contributed by atoms with Crippen molar-refractivity contribution in [2.75, 3.05) is 44.7 Å². The second kappa shape index (κ2) is 8.95. The Morgan fingerprint density at radius 2 is 1.76 bits per heavy atom. The zero-order chi connectivity index (χ0) is 18.6. The number of nitrogens with zero attached hydrogens (tertiary/aromatic N) is 2. The van der Waals surface area contributed by atoms with Gasteiger partial charge in [-0.15, -0.1) is 0 Å². The van der Waals surface area contributed by atoms with Crippen LogP contribution in [0.5, 0.6) is 5.75 Å². The number of thioether (sulfide) groups is 1. The first kappa shape index (κ1) is 20.1. The predicted molar refractivity (Wildman–Crippen MR) is 107 cm³/mol. The molecule has 0 radical (unpaired) electrons. The Hall–Kier alpha value is -1.20. The topological polar surface area (TPSA) is 43.8 Å². The summed E-state index contributed by atoms with van der Waals surface area (Å²) in [6.45, 7) is 12.7. The molecule has 1 aliphatic rings. The molecule has 0 atom stereocenters. The molecule has 2 rings (SSSR count). The maximum Gasteiger partial charge on any atom is 0.257 e. The Labute approximate surface area is 156 Å². The molecule has 25 heavy (non-hydrogen) atoms. The second-order valence-electron chi connectivity index (χ2n) is 7.44. The summed E-state index contributed by atoms with van der Waals surface area (Å²) in [4.78, 5) is 17.3. The van der Waals surface area contributed by atoms with E-state index in [2.05, 4.69) is 38.9 Å². The number of phenolic OH excluding ortho intramolecular Hbond substituents is 1. The van der Waals surface area contributed by atoms with Gasteiger partial charge in [0.15, 0.2) is 0 Å². The quantitative estimate of drug-likeness (QED) is 0.835. The molecule has 0 spiro atoms. The van der Waals surface area contributed by atoms with Gasteiger partial charge < -0.3 is 10.0 Å². The Kier molecular flexibility index (Phi) is 7.20. The van der Waals surface area contributed by atoms with E-state index >= 15 is 0 Å². The van der Waals surface area contributed by atoms with Crippen molar-refractivity contribution in [3.63, 3.8) is 0 Å². The molecule has 1 N–H and O–H groups in total. The van der Waals surface area contributed by atoms with Crippen LogP contribution in [0.4, 0.5) is 0 Å². The van der Waals surface area contributed by atoms with E-state index < -0.39 is 0 Å². The van der Waals surface area contributed by atoms with Crippen molar-refractivity contribution in [2.45, 2.75) is 39.5 Å². The van der Waals surface area contributed by atoms with Crippen molar-refractivity contribution in [2.24, 2.45) is 0 Å². The van der Waals surface area contributed by atoms with Crippen molar-refractivity contribution >= 4 is 17.7 Å². The van der Waals surface area contributed by atoms with Crippen LogP contribution in [0.25, 0.3) is 0 Å². The summed E-state index contributed by atoms with van der Waals surface area (Å²) in [5.41, 5.74) is 2.45. The van der Waals surface area contributed by atoms with Crippen molar-refractivity contribution < 1.29 is 9.90 Å². The molecular formula is C20H32N2O2S. The van der Waals surface area contributed by atoms with E-state index in [0.717, 1.165) is 49.6 Å². The van der Waals surface area contributed by atoms with Gasteiger partial charge in [0.1, 0.15) is 5.75 Å². The van der Waals surface area contributed by atoms with Crippen LogP contribution in [0, 0.1) is 0 Å². The number of amides is 1. The van der Waals surface area contributed by atoms with Gasteiger partial charge in [0, 0.05) is 38.5 Å². The van der Waals surface area contributed by atoms with E-state index in [-0.39, 0.29) is 17.6 Å². The highest BCUT2D eigenvalue weighted by atomic mass is 32.2. The van der Waals surface area contributed by atoms with Crippen molar-refractivity contribution in [1.82, 2.24) is 9.80 Å². The zero-order valence-electron chi connectivity index (χ0n) is 16.2. The number of carbonyl (C=O) groups is 1. The third-order valence-corrected chi connectivity index (χ3v) is 5.54. The lowest BCUT2D eigenvalue weighted by atomic mass is 9.91. The molecule has 4 nitrogen and oxygen atoms in total. The SMILES string of the molecule is CSCCN1CCN(C(=O)c2cc(C(C)C)cc(C(C)C)c2O)CC1. The summed E-state index contributed by atoms with van der Waals surface area (Å²) in [6.07, 6.45) is 2.12. The van der Waals surface area contributed by atoms with E-state index in [4.69, 9.17) is 0 Å². The monoisotopic (exact) mass is 364 g/mol. The second-order valence-corrected chi connectivity index (χ2v) is 8.43. The summed E-state index contributed by atoms with van der Waals surface area (Å²) in [6, 6.07) is 3.93. The molecule has 0 aromatic heterocycles. The summed E-state index contributed by atoms with van der Waals surface area (Å²) in [5, 5.41) is 10.7. The van der Waals surface area contributed by atoms with Crippen molar-refractivity contribution in [3.8, 4) is 5.75 Å². The van der Waals surface area contributed by atoms with Gasteiger partial charge in [0.05, 0.1) is 5.56 Å². The molecule has 0 saturated carbocycles. The Morgan fingerprint density at radius 1 is 1.12 bits per heavy atom. The van der Waals surface area contributed by atoms with Crippen LogP contribution < -0.4 is 0 Å².